The van der Waals surface area contributed by atoms with E-state index in [-0.39, 0.29) is 5.56 Å². The van der Waals surface area contributed by atoms with Gasteiger partial charge in [-0.05, 0) is 49.2 Å². The summed E-state index contributed by atoms with van der Waals surface area (Å²) in [7, 11) is 1.58. The molecule has 4 nitrogen and oxygen atoms in total. The number of ether oxygens (including phenoxy) is 1. The van der Waals surface area contributed by atoms with Gasteiger partial charge in [0.25, 0.3) is 5.56 Å². The van der Waals surface area contributed by atoms with Gasteiger partial charge >= 0.3 is 0 Å². The molecule has 0 atom stereocenters. The lowest BCUT2D eigenvalue weighted by molar-refractivity contribution is 0.415. The van der Waals surface area contributed by atoms with Gasteiger partial charge < -0.3 is 4.74 Å². The van der Waals surface area contributed by atoms with Crippen molar-refractivity contribution in [1.29, 1.82) is 0 Å². The fraction of sp³-hybridized carbons (Fsp3) is 0.176. The fourth-order valence-corrected chi connectivity index (χ4v) is 2.38. The van der Waals surface area contributed by atoms with Crippen molar-refractivity contribution in [3.8, 4) is 17.0 Å². The topological polar surface area (TPSA) is 55.0 Å². The number of rotatable bonds is 2. The minimum Gasteiger partial charge on any atom is -0.497 e. The predicted molar refractivity (Wildman–Crippen MR) is 83.8 cm³/mol. The standard InChI is InChI=1S/C17H16N2O2/c1-10-4-5-12(8-11(10)2)16-14-7-6-13(21-3)9-15(14)17(20)19-18-16/h4-9H,1-3H3,(H,19,20). The summed E-state index contributed by atoms with van der Waals surface area (Å²) in [4.78, 5) is 12.0. The molecule has 1 heterocycles. The van der Waals surface area contributed by atoms with E-state index < -0.39 is 0 Å². The van der Waals surface area contributed by atoms with E-state index in [2.05, 4.69) is 36.2 Å². The molecule has 0 amide bonds. The number of H-pyrrole nitrogens is 1. The van der Waals surface area contributed by atoms with Gasteiger partial charge in [0.2, 0.25) is 0 Å². The highest BCUT2D eigenvalue weighted by molar-refractivity contribution is 5.94. The number of aromatic amines is 1. The van der Waals surface area contributed by atoms with Crippen molar-refractivity contribution >= 4 is 10.8 Å². The predicted octanol–water partition coefficient (Wildman–Crippen LogP) is 3.22. The quantitative estimate of drug-likeness (QED) is 0.784. The van der Waals surface area contributed by atoms with Crippen LogP contribution in [0.15, 0.2) is 41.2 Å². The monoisotopic (exact) mass is 280 g/mol. The number of nitrogens with zero attached hydrogens (tertiary/aromatic N) is 1. The second-order valence-corrected chi connectivity index (χ2v) is 5.11. The summed E-state index contributed by atoms with van der Waals surface area (Å²) < 4.78 is 5.18. The van der Waals surface area contributed by atoms with Crippen molar-refractivity contribution < 1.29 is 4.74 Å². The Morgan fingerprint density at radius 3 is 2.52 bits per heavy atom. The third-order valence-electron chi connectivity index (χ3n) is 3.78. The molecule has 1 aromatic heterocycles. The summed E-state index contributed by atoms with van der Waals surface area (Å²) in [5, 5.41) is 8.19. The molecule has 3 rings (SSSR count). The van der Waals surface area contributed by atoms with Crippen LogP contribution in [0.1, 0.15) is 11.1 Å². The third-order valence-corrected chi connectivity index (χ3v) is 3.78. The summed E-state index contributed by atoms with van der Waals surface area (Å²) in [5.74, 6) is 0.658. The second kappa shape index (κ2) is 5.05. The number of fused-ring (bicyclic) bond motifs is 1. The second-order valence-electron chi connectivity index (χ2n) is 5.11. The zero-order chi connectivity index (χ0) is 15.0. The van der Waals surface area contributed by atoms with E-state index in [1.807, 2.05) is 18.2 Å². The van der Waals surface area contributed by atoms with Crippen molar-refractivity contribution in [2.24, 2.45) is 0 Å². The van der Waals surface area contributed by atoms with E-state index in [1.54, 1.807) is 13.2 Å². The number of nitrogens with one attached hydrogen (secondary N) is 1. The molecule has 0 spiro atoms. The van der Waals surface area contributed by atoms with Gasteiger partial charge in [-0.1, -0.05) is 12.1 Å². The van der Waals surface area contributed by atoms with Crippen LogP contribution in [0.5, 0.6) is 5.75 Å². The number of aromatic nitrogens is 2. The van der Waals surface area contributed by atoms with Crippen LogP contribution in [0.2, 0.25) is 0 Å². The first kappa shape index (κ1) is 13.4. The van der Waals surface area contributed by atoms with E-state index in [0.29, 0.717) is 11.1 Å². The smallest absolute Gasteiger partial charge is 0.272 e. The molecule has 0 saturated heterocycles. The van der Waals surface area contributed by atoms with Crippen molar-refractivity contribution in [3.63, 3.8) is 0 Å². The molecule has 21 heavy (non-hydrogen) atoms. The normalized spacial score (nSPS) is 10.8. The maximum absolute atomic E-state index is 12.0. The van der Waals surface area contributed by atoms with Crippen molar-refractivity contribution in [1.82, 2.24) is 10.2 Å². The Morgan fingerprint density at radius 2 is 1.81 bits per heavy atom. The Bertz CT molecular complexity index is 882. The first-order valence-corrected chi connectivity index (χ1v) is 6.74. The molecule has 2 aromatic carbocycles. The zero-order valence-corrected chi connectivity index (χ0v) is 12.2. The SMILES string of the molecule is COc1ccc2c(-c3ccc(C)c(C)c3)n[nH]c(=O)c2c1. The molecule has 0 aliphatic heterocycles. The Labute approximate surface area is 122 Å². The highest BCUT2D eigenvalue weighted by Gasteiger charge is 2.10. The van der Waals surface area contributed by atoms with Gasteiger partial charge in [0.1, 0.15) is 5.75 Å². The summed E-state index contributed by atoms with van der Waals surface area (Å²) in [5.41, 5.74) is 3.98. The molecule has 0 aliphatic carbocycles. The maximum Gasteiger partial charge on any atom is 0.272 e. The first-order chi connectivity index (χ1) is 10.1. The summed E-state index contributed by atoms with van der Waals surface area (Å²) in [6, 6.07) is 11.6. The first-order valence-electron chi connectivity index (χ1n) is 6.74. The number of methoxy groups -OCH3 is 1. The molecule has 4 heteroatoms. The van der Waals surface area contributed by atoms with Crippen molar-refractivity contribution in [3.05, 3.63) is 57.9 Å². The lowest BCUT2D eigenvalue weighted by atomic mass is 10.0. The van der Waals surface area contributed by atoms with Crippen LogP contribution in [0.4, 0.5) is 0 Å². The van der Waals surface area contributed by atoms with E-state index in [0.717, 1.165) is 16.6 Å². The number of aryl methyl sites for hydroxylation is 2. The molecule has 0 bridgehead atoms. The van der Waals surface area contributed by atoms with E-state index >= 15 is 0 Å². The van der Waals surface area contributed by atoms with E-state index in [1.165, 1.54) is 11.1 Å². The van der Waals surface area contributed by atoms with Gasteiger partial charge in [-0.2, -0.15) is 5.10 Å². The van der Waals surface area contributed by atoms with E-state index in [9.17, 15) is 4.79 Å². The molecule has 0 saturated carbocycles. The van der Waals surface area contributed by atoms with Gasteiger partial charge in [-0.25, -0.2) is 5.10 Å². The molecule has 3 aromatic rings. The third kappa shape index (κ3) is 2.29. The molecule has 1 N–H and O–H groups in total. The van der Waals surface area contributed by atoms with Crippen molar-refractivity contribution in [2.45, 2.75) is 13.8 Å². The summed E-state index contributed by atoms with van der Waals surface area (Å²) >= 11 is 0. The summed E-state index contributed by atoms with van der Waals surface area (Å²) in [6.07, 6.45) is 0. The van der Waals surface area contributed by atoms with Crippen LogP contribution in [0.25, 0.3) is 22.0 Å². The average Bonchev–Trinajstić information content (AvgIpc) is 2.50. The molecule has 106 valence electrons. The maximum atomic E-state index is 12.0. The average molecular weight is 280 g/mol. The summed E-state index contributed by atoms with van der Waals surface area (Å²) in [6.45, 7) is 4.14. The lowest BCUT2D eigenvalue weighted by Gasteiger charge is -2.08. The van der Waals surface area contributed by atoms with Gasteiger partial charge in [0, 0.05) is 10.9 Å². The molecular formula is C17H16N2O2. The highest BCUT2D eigenvalue weighted by atomic mass is 16.5. The van der Waals surface area contributed by atoms with Gasteiger partial charge in [-0.15, -0.1) is 0 Å². The lowest BCUT2D eigenvalue weighted by Crippen LogP contribution is -2.09. The van der Waals surface area contributed by atoms with Crippen LogP contribution in [0.3, 0.4) is 0 Å². The zero-order valence-electron chi connectivity index (χ0n) is 12.2. The van der Waals surface area contributed by atoms with Crippen LogP contribution >= 0.6 is 0 Å². The van der Waals surface area contributed by atoms with Gasteiger partial charge in [-0.3, -0.25) is 4.79 Å². The number of hydrogen-bond acceptors (Lipinski definition) is 3. The van der Waals surface area contributed by atoms with Crippen molar-refractivity contribution in [2.75, 3.05) is 7.11 Å². The highest BCUT2D eigenvalue weighted by Crippen LogP contribution is 2.27. The molecule has 0 fully saturated rings. The van der Waals surface area contributed by atoms with Crippen LogP contribution in [-0.2, 0) is 0 Å². The number of benzene rings is 2. The van der Waals surface area contributed by atoms with Gasteiger partial charge in [0.15, 0.2) is 0 Å². The van der Waals surface area contributed by atoms with Crippen LogP contribution in [-0.4, -0.2) is 17.3 Å². The molecular weight excluding hydrogens is 264 g/mol. The molecule has 0 aliphatic rings. The fourth-order valence-electron chi connectivity index (χ4n) is 2.38. The Balaban J connectivity index is 2.30. The van der Waals surface area contributed by atoms with E-state index in [4.69, 9.17) is 4.74 Å². The van der Waals surface area contributed by atoms with Crippen LogP contribution in [0, 0.1) is 13.8 Å². The minimum atomic E-state index is -0.212. The number of hydrogen-bond donors (Lipinski definition) is 1. The van der Waals surface area contributed by atoms with Gasteiger partial charge in [0.05, 0.1) is 18.2 Å². The molecule has 0 radical (unpaired) electrons. The van der Waals surface area contributed by atoms with Crippen LogP contribution < -0.4 is 10.3 Å². The minimum absolute atomic E-state index is 0.212. The Kier molecular flexibility index (Phi) is 3.22. The molecule has 0 unspecified atom stereocenters. The largest absolute Gasteiger partial charge is 0.497 e. The Hall–Kier alpha value is -2.62. The Morgan fingerprint density at radius 1 is 1.00 bits per heavy atom.